The van der Waals surface area contributed by atoms with Gasteiger partial charge in [0, 0.05) is 29.7 Å². The van der Waals surface area contributed by atoms with Gasteiger partial charge in [0.1, 0.15) is 36.3 Å². The molecule has 9 unspecified atom stereocenters. The van der Waals surface area contributed by atoms with Gasteiger partial charge >= 0.3 is 11.9 Å². The minimum Gasteiger partial charge on any atom is -0.456 e. The maximum absolute atomic E-state index is 15.7. The number of carbonyl (C=O) groups excluding carboxylic acids is 4. The number of thioether (sulfide) groups is 1. The van der Waals surface area contributed by atoms with Crippen LogP contribution in [-0.2, 0) is 37.7 Å². The first-order valence-corrected chi connectivity index (χ1v) is 27.5. The zero-order valence-electron chi connectivity index (χ0n) is 40.3. The summed E-state index contributed by atoms with van der Waals surface area (Å²) in [5.41, 5.74) is -6.01. The molecule has 1 aliphatic heterocycles. The van der Waals surface area contributed by atoms with Gasteiger partial charge in [-0.1, -0.05) is 101 Å². The molecule has 4 aliphatic rings. The van der Waals surface area contributed by atoms with Gasteiger partial charge < -0.3 is 48.7 Å². The number of hydrogen-bond acceptors (Lipinski definition) is 14. The fourth-order valence-corrected chi connectivity index (χ4v) is 14.6. The van der Waals surface area contributed by atoms with Crippen LogP contribution in [0.5, 0.6) is 0 Å². The molecule has 7 rings (SSSR count). The largest absolute Gasteiger partial charge is 0.456 e. The Hall–Kier alpha value is -4.23. The summed E-state index contributed by atoms with van der Waals surface area (Å²) in [4.78, 5) is 59.1. The molecule has 1 heterocycles. The molecule has 1 amide bonds. The van der Waals surface area contributed by atoms with E-state index in [0.717, 1.165) is 18.1 Å². The summed E-state index contributed by atoms with van der Waals surface area (Å²) in [6.45, 7) is 12.2. The van der Waals surface area contributed by atoms with E-state index in [1.807, 2.05) is 6.26 Å². The number of rotatable bonds is 18. The van der Waals surface area contributed by atoms with Crippen molar-refractivity contribution in [3.63, 3.8) is 0 Å². The Bertz CT molecular complexity index is 2310. The predicted molar refractivity (Wildman–Crippen MR) is 258 cm³/mol. The van der Waals surface area contributed by atoms with Crippen molar-refractivity contribution in [2.24, 2.45) is 16.7 Å². The molecule has 4 N–H and O–H groups in total. The molecular formula is C52H67NO13SSi. The third-order valence-electron chi connectivity index (χ3n) is 15.7. The van der Waals surface area contributed by atoms with Crippen LogP contribution in [0.25, 0.3) is 0 Å². The summed E-state index contributed by atoms with van der Waals surface area (Å²) in [5.74, 6) is -4.10. The highest BCUT2D eigenvalue weighted by atomic mass is 32.2. The Balaban J connectivity index is 1.38. The molecule has 0 spiro atoms. The Morgan fingerprint density at radius 3 is 2.03 bits per heavy atom. The number of carbonyl (C=O) groups is 4. The summed E-state index contributed by atoms with van der Waals surface area (Å²) in [7, 11) is -2.53. The quantitative estimate of drug-likeness (QED) is 0.0336. The van der Waals surface area contributed by atoms with Gasteiger partial charge in [0.25, 0.3) is 5.91 Å². The fraction of sp³-hybridized carbons (Fsp3) is 0.538. The van der Waals surface area contributed by atoms with Crippen LogP contribution in [0.3, 0.4) is 0 Å². The molecule has 1 saturated heterocycles. The third-order valence-corrected chi connectivity index (χ3v) is 20.8. The van der Waals surface area contributed by atoms with Crippen molar-refractivity contribution in [1.82, 2.24) is 5.32 Å². The van der Waals surface area contributed by atoms with Crippen molar-refractivity contribution in [1.29, 1.82) is 0 Å². The monoisotopic (exact) mass is 973 g/mol. The molecule has 3 fully saturated rings. The number of esters is 2. The number of nitrogens with one attached hydrogen (secondary N) is 1. The Kier molecular flexibility index (Phi) is 15.7. The first-order chi connectivity index (χ1) is 32.4. The minimum absolute atomic E-state index is 0.0787. The number of hydrogen-bond donors (Lipinski definition) is 4. The topological polar surface area (TPSA) is 196 Å². The van der Waals surface area contributed by atoms with E-state index in [9.17, 15) is 24.9 Å². The average molecular weight is 974 g/mol. The molecule has 11 atom stereocenters. The van der Waals surface area contributed by atoms with Crippen LogP contribution in [0.15, 0.2) is 102 Å². The van der Waals surface area contributed by atoms with Crippen LogP contribution in [0, 0.1) is 16.7 Å². The Morgan fingerprint density at radius 1 is 0.882 bits per heavy atom. The number of amides is 1. The van der Waals surface area contributed by atoms with E-state index in [-0.39, 0.29) is 36.9 Å². The molecule has 0 radical (unpaired) electrons. The first kappa shape index (κ1) is 51.6. The van der Waals surface area contributed by atoms with Gasteiger partial charge in [-0.2, -0.15) is 0 Å². The molecule has 3 aliphatic carbocycles. The smallest absolute Gasteiger partial charge is 0.338 e. The Labute approximate surface area is 404 Å². The van der Waals surface area contributed by atoms with Gasteiger partial charge in [-0.15, -0.1) is 11.8 Å². The molecule has 2 saturated carbocycles. The number of benzene rings is 3. The van der Waals surface area contributed by atoms with Crippen LogP contribution in [0.2, 0.25) is 18.1 Å². The molecule has 0 aromatic heterocycles. The standard InChI is InChI=1S/C52H67NO13SSi/c1-9-68(10-2,11-3)66-37-27-38-51(59,29-62-38)43-45(65-47(57)35-25-19-14-20-26-35)52(60)28-36(32(4)39(49(52,5)6)41(54)44(55)50(37,43)7)64-48(58)42(63-30-61-31-67-8)40(33-21-15-12-16-22-33)53-46(56)34-23-17-13-18-24-34/h12-26,36-38,40-43,45,54,59-60H,9-11,27-31H2,1-8H3,(H,53,56)/t36?,37?,38?,40?,41?,42?,43?,45?,50-,51+,52?/m1/s1. The van der Waals surface area contributed by atoms with Crippen molar-refractivity contribution >= 4 is 43.7 Å². The normalized spacial score (nSPS) is 30.6. The number of ketones is 1. The van der Waals surface area contributed by atoms with Gasteiger partial charge in [-0.3, -0.25) is 9.59 Å². The fourth-order valence-electron chi connectivity index (χ4n) is 11.4. The summed E-state index contributed by atoms with van der Waals surface area (Å²) in [6, 6.07) is 26.6. The van der Waals surface area contributed by atoms with Gasteiger partial charge in [-0.05, 0) is 79.2 Å². The summed E-state index contributed by atoms with van der Waals surface area (Å²) in [5, 5.41) is 42.6. The highest BCUT2D eigenvalue weighted by Crippen LogP contribution is 2.64. The van der Waals surface area contributed by atoms with E-state index < -0.39 is 109 Å². The zero-order chi connectivity index (χ0) is 49.2. The third kappa shape index (κ3) is 9.16. The maximum atomic E-state index is 15.7. The molecule has 2 bridgehead atoms. The second-order valence-corrected chi connectivity index (χ2v) is 25.0. The maximum Gasteiger partial charge on any atom is 0.338 e. The highest BCUT2D eigenvalue weighted by molar-refractivity contribution is 7.98. The van der Waals surface area contributed by atoms with E-state index in [1.54, 1.807) is 119 Å². The molecule has 14 nitrogen and oxygen atoms in total. The number of aliphatic hydroxyl groups excluding tert-OH is 1. The lowest BCUT2D eigenvalue weighted by atomic mass is 9.44. The molecule has 368 valence electrons. The van der Waals surface area contributed by atoms with Gasteiger partial charge in [0.05, 0.1) is 41.8 Å². The molecule has 16 heteroatoms. The summed E-state index contributed by atoms with van der Waals surface area (Å²) < 4.78 is 38.1. The van der Waals surface area contributed by atoms with Crippen molar-refractivity contribution in [2.75, 3.05) is 25.6 Å². The molecule has 68 heavy (non-hydrogen) atoms. The predicted octanol–water partition coefficient (Wildman–Crippen LogP) is 6.94. The van der Waals surface area contributed by atoms with Crippen molar-refractivity contribution in [3.8, 4) is 0 Å². The number of ether oxygens (including phenoxy) is 5. The van der Waals surface area contributed by atoms with Crippen LogP contribution in [0.4, 0.5) is 0 Å². The van der Waals surface area contributed by atoms with E-state index in [2.05, 4.69) is 26.1 Å². The van der Waals surface area contributed by atoms with Gasteiger partial charge in [-0.25, -0.2) is 9.59 Å². The van der Waals surface area contributed by atoms with Gasteiger partial charge in [0.15, 0.2) is 20.2 Å². The lowest BCUT2D eigenvalue weighted by molar-refractivity contribution is -0.342. The molecular weight excluding hydrogens is 907 g/mol. The lowest BCUT2D eigenvalue weighted by Gasteiger charge is -2.67. The van der Waals surface area contributed by atoms with Crippen LogP contribution < -0.4 is 5.32 Å². The first-order valence-electron chi connectivity index (χ1n) is 23.6. The second kappa shape index (κ2) is 20.6. The molecule has 3 aromatic carbocycles. The second-order valence-electron chi connectivity index (χ2n) is 19.4. The number of aliphatic hydroxyl groups is 3. The van der Waals surface area contributed by atoms with Gasteiger partial charge in [0.2, 0.25) is 0 Å². The van der Waals surface area contributed by atoms with Crippen LogP contribution in [-0.4, -0.2) is 121 Å². The van der Waals surface area contributed by atoms with E-state index >= 15 is 9.59 Å². The lowest BCUT2D eigenvalue weighted by Crippen LogP contribution is -2.81. The highest BCUT2D eigenvalue weighted by Gasteiger charge is 2.77. The average Bonchev–Trinajstić information content (AvgIpc) is 3.34. The zero-order valence-corrected chi connectivity index (χ0v) is 42.1. The number of Topliss-reactive ketones (excluding diaryl/α,β-unsaturated/α-hetero) is 1. The van der Waals surface area contributed by atoms with Crippen molar-refractivity contribution < 1.29 is 62.6 Å². The summed E-state index contributed by atoms with van der Waals surface area (Å²) >= 11 is 1.40. The summed E-state index contributed by atoms with van der Waals surface area (Å²) in [6.07, 6.45) is -6.67. The Morgan fingerprint density at radius 2 is 1.47 bits per heavy atom. The van der Waals surface area contributed by atoms with Crippen molar-refractivity contribution in [2.45, 2.75) is 133 Å². The van der Waals surface area contributed by atoms with Crippen LogP contribution in [0.1, 0.15) is 93.6 Å². The van der Waals surface area contributed by atoms with E-state index in [0.29, 0.717) is 16.7 Å². The molecule has 3 aromatic rings. The number of fused-ring (bicyclic) bond motifs is 5. The van der Waals surface area contributed by atoms with Crippen molar-refractivity contribution in [3.05, 3.63) is 119 Å². The van der Waals surface area contributed by atoms with Crippen LogP contribution >= 0.6 is 11.8 Å². The SMILES string of the molecule is CC[Si](CC)(CC)OC1CC2OC[C@@]2(O)C2C(OC(=O)c3ccccc3)C3(O)CC(OC(=O)C(OCOCSC)C(NC(=O)c4ccccc4)c4ccccc4)C(C)=C(C(O)C(=O)[C@]12C)C3(C)C. The van der Waals surface area contributed by atoms with E-state index in [1.165, 1.54) is 11.8 Å². The van der Waals surface area contributed by atoms with E-state index in [4.69, 9.17) is 28.1 Å². The minimum atomic E-state index is -2.53.